The van der Waals surface area contributed by atoms with Crippen LogP contribution in [-0.4, -0.2) is 69.9 Å². The number of hydrogen-bond acceptors (Lipinski definition) is 10. The molecule has 3 aromatic carbocycles. The van der Waals surface area contributed by atoms with Crippen molar-refractivity contribution in [2.75, 3.05) is 7.11 Å². The van der Waals surface area contributed by atoms with Gasteiger partial charge < -0.3 is 34.7 Å². The summed E-state index contributed by atoms with van der Waals surface area (Å²) < 4.78 is 21.7. The van der Waals surface area contributed by atoms with E-state index in [2.05, 4.69) is 10.6 Å². The zero-order valence-electron chi connectivity index (χ0n) is 31.1. The molecular formula is C41H50N2O9S. The molecule has 2 amide bonds. The topological polar surface area (TPSA) is 149 Å². The summed E-state index contributed by atoms with van der Waals surface area (Å²) >= 11 is 1.57. The van der Waals surface area contributed by atoms with Crippen molar-refractivity contribution in [3.63, 3.8) is 0 Å². The van der Waals surface area contributed by atoms with Crippen LogP contribution in [0, 0.1) is 11.8 Å². The average Bonchev–Trinajstić information content (AvgIpc) is 3.38. The van der Waals surface area contributed by atoms with Gasteiger partial charge in [0.15, 0.2) is 6.10 Å². The molecule has 5 rings (SSSR count). The molecule has 284 valence electrons. The number of aliphatic hydroxyl groups is 1. The molecule has 0 aromatic heterocycles. The van der Waals surface area contributed by atoms with Crippen LogP contribution in [0.1, 0.15) is 76.7 Å². The van der Waals surface area contributed by atoms with Crippen molar-refractivity contribution >= 4 is 35.7 Å². The van der Waals surface area contributed by atoms with Crippen molar-refractivity contribution in [2.24, 2.45) is 11.8 Å². The van der Waals surface area contributed by atoms with E-state index < -0.39 is 58.5 Å². The van der Waals surface area contributed by atoms with Gasteiger partial charge in [-0.3, -0.25) is 9.59 Å². The van der Waals surface area contributed by atoms with Crippen LogP contribution in [0.25, 0.3) is 0 Å². The largest absolute Gasteiger partial charge is 0.497 e. The van der Waals surface area contributed by atoms with Gasteiger partial charge in [0.1, 0.15) is 24.0 Å². The Labute approximate surface area is 315 Å². The maximum Gasteiger partial charge on any atom is 0.408 e. The van der Waals surface area contributed by atoms with Crippen LogP contribution in [0.4, 0.5) is 4.79 Å². The van der Waals surface area contributed by atoms with E-state index in [0.29, 0.717) is 5.75 Å². The second-order valence-corrected chi connectivity index (χ2v) is 16.8. The number of rotatable bonds is 14. The first kappa shape index (κ1) is 39.7. The molecule has 3 N–H and O–H groups in total. The van der Waals surface area contributed by atoms with Gasteiger partial charge in [-0.15, -0.1) is 11.8 Å². The van der Waals surface area contributed by atoms with E-state index >= 15 is 0 Å². The Morgan fingerprint density at radius 3 is 2.08 bits per heavy atom. The van der Waals surface area contributed by atoms with Crippen LogP contribution in [0.5, 0.6) is 5.75 Å². The van der Waals surface area contributed by atoms with Gasteiger partial charge in [0.2, 0.25) is 5.91 Å². The lowest BCUT2D eigenvalue weighted by Gasteiger charge is -2.46. The Balaban J connectivity index is 1.17. The molecule has 12 heteroatoms. The van der Waals surface area contributed by atoms with Crippen LogP contribution >= 0.6 is 11.8 Å². The van der Waals surface area contributed by atoms with Crippen LogP contribution in [-0.2, 0) is 35.2 Å². The lowest BCUT2D eigenvalue weighted by molar-refractivity contribution is -0.161. The Hall–Kier alpha value is -4.55. The fourth-order valence-electron chi connectivity index (χ4n) is 6.93. The molecular weight excluding hydrogens is 697 g/mol. The number of aliphatic hydroxyl groups excluding tert-OH is 1. The molecule has 53 heavy (non-hydrogen) atoms. The molecule has 1 heterocycles. The molecule has 6 atom stereocenters. The third kappa shape index (κ3) is 10.1. The lowest BCUT2D eigenvalue weighted by Crippen LogP contribution is -2.66. The SMILES string of the molecule is COc1ccc(COC(=O)[C@@H](CCCC(=O)N[C@@H]2[C@H](O)[C@H]3[C@@H]2SC(C)(C)[C@@H]3C(=O)OC(c2ccccc2)c2ccccc2)NC(=O)OC(C)(C)C)cc1. The highest BCUT2D eigenvalue weighted by Crippen LogP contribution is 2.59. The van der Waals surface area contributed by atoms with Crippen molar-refractivity contribution in [1.29, 1.82) is 0 Å². The van der Waals surface area contributed by atoms with Crippen molar-refractivity contribution in [1.82, 2.24) is 10.6 Å². The number of carbonyl (C=O) groups excluding carboxylic acids is 4. The maximum atomic E-state index is 13.9. The molecule has 1 aliphatic heterocycles. The van der Waals surface area contributed by atoms with E-state index in [9.17, 15) is 24.3 Å². The smallest absolute Gasteiger partial charge is 0.408 e. The zero-order valence-corrected chi connectivity index (χ0v) is 31.9. The maximum absolute atomic E-state index is 13.9. The number of esters is 2. The molecule has 0 spiro atoms. The van der Waals surface area contributed by atoms with Gasteiger partial charge in [-0.25, -0.2) is 9.59 Å². The lowest BCUT2D eigenvalue weighted by atomic mass is 9.66. The van der Waals surface area contributed by atoms with E-state index in [1.165, 1.54) is 0 Å². The van der Waals surface area contributed by atoms with Gasteiger partial charge in [0, 0.05) is 22.3 Å². The molecule has 0 bridgehead atoms. The molecule has 2 fully saturated rings. The summed E-state index contributed by atoms with van der Waals surface area (Å²) in [7, 11) is 1.56. The second kappa shape index (κ2) is 17.1. The Bertz CT molecular complexity index is 1670. The number of ether oxygens (including phenoxy) is 4. The minimum Gasteiger partial charge on any atom is -0.497 e. The highest BCUT2D eigenvalue weighted by molar-refractivity contribution is 8.01. The first-order chi connectivity index (χ1) is 25.2. The Morgan fingerprint density at radius 2 is 1.51 bits per heavy atom. The van der Waals surface area contributed by atoms with Crippen LogP contribution in [0.15, 0.2) is 84.9 Å². The van der Waals surface area contributed by atoms with E-state index in [4.69, 9.17) is 18.9 Å². The molecule has 0 radical (unpaired) electrons. The summed E-state index contributed by atoms with van der Waals surface area (Å²) in [5, 5.41) is 16.7. The predicted molar refractivity (Wildman–Crippen MR) is 201 cm³/mol. The number of methoxy groups -OCH3 is 1. The third-order valence-corrected chi connectivity index (χ3v) is 11.2. The number of nitrogens with one attached hydrogen (secondary N) is 2. The summed E-state index contributed by atoms with van der Waals surface area (Å²) in [6.45, 7) is 9.08. The van der Waals surface area contributed by atoms with Gasteiger partial charge in [-0.05, 0) is 76.3 Å². The van der Waals surface area contributed by atoms with Crippen molar-refractivity contribution < 1.29 is 43.2 Å². The minimum absolute atomic E-state index is 0.0142. The van der Waals surface area contributed by atoms with E-state index in [0.717, 1.165) is 16.7 Å². The van der Waals surface area contributed by atoms with Crippen LogP contribution in [0.3, 0.4) is 0 Å². The quantitative estimate of drug-likeness (QED) is 0.130. The molecule has 2 aliphatic rings. The molecule has 11 nitrogen and oxygen atoms in total. The average molecular weight is 747 g/mol. The second-order valence-electron chi connectivity index (χ2n) is 15.0. The van der Waals surface area contributed by atoms with E-state index in [-0.39, 0.29) is 43.0 Å². The fraction of sp³-hybridized carbons (Fsp3) is 0.463. The number of benzene rings is 3. The number of fused-ring (bicyclic) bond motifs is 1. The minimum atomic E-state index is -1.05. The number of thioether (sulfide) groups is 1. The number of carbonyl (C=O) groups is 4. The summed E-state index contributed by atoms with van der Waals surface area (Å²) in [4.78, 5) is 52.8. The third-order valence-electron chi connectivity index (χ3n) is 9.50. The molecule has 1 saturated heterocycles. The summed E-state index contributed by atoms with van der Waals surface area (Å²) in [5.41, 5.74) is 1.65. The number of alkyl carbamates (subject to hydrolysis) is 1. The molecule has 1 saturated carbocycles. The first-order valence-electron chi connectivity index (χ1n) is 17.9. The highest BCUT2D eigenvalue weighted by Gasteiger charge is 2.66. The van der Waals surface area contributed by atoms with E-state index in [1.54, 1.807) is 63.9 Å². The molecule has 1 aliphatic carbocycles. The first-order valence-corrected chi connectivity index (χ1v) is 18.8. The number of amides is 2. The molecule has 3 aromatic rings. The van der Waals surface area contributed by atoms with Crippen LogP contribution in [0.2, 0.25) is 0 Å². The highest BCUT2D eigenvalue weighted by atomic mass is 32.2. The van der Waals surface area contributed by atoms with Gasteiger partial charge in [-0.1, -0.05) is 72.8 Å². The molecule has 0 unspecified atom stereocenters. The van der Waals surface area contributed by atoms with Crippen molar-refractivity contribution in [3.8, 4) is 5.75 Å². The van der Waals surface area contributed by atoms with E-state index in [1.807, 2.05) is 74.5 Å². The number of hydrogen-bond donors (Lipinski definition) is 3. The monoisotopic (exact) mass is 746 g/mol. The van der Waals surface area contributed by atoms with Gasteiger partial charge in [0.25, 0.3) is 0 Å². The predicted octanol–water partition coefficient (Wildman–Crippen LogP) is 6.12. The van der Waals surface area contributed by atoms with Gasteiger partial charge >= 0.3 is 18.0 Å². The van der Waals surface area contributed by atoms with Crippen LogP contribution < -0.4 is 15.4 Å². The van der Waals surface area contributed by atoms with Crippen molar-refractivity contribution in [2.45, 2.75) is 100 Å². The summed E-state index contributed by atoms with van der Waals surface area (Å²) in [6.07, 6.45) is -1.93. The fourth-order valence-corrected chi connectivity index (χ4v) is 8.88. The standard InChI is InChI=1S/C41H50N2O9S/c1-40(2,3)52-39(48)42-29(37(46)50-24-25-20-22-28(49-6)23-21-25)18-13-19-30(44)43-33-34(45)31-32(41(4,5)53-36(31)33)38(47)51-35(26-14-9-7-10-15-26)27-16-11-8-12-17-27/h7-12,14-17,20-23,29,31-36,45H,13,18-19,24H2,1-6H3,(H,42,48)(H,43,44)/t29-,31+,32+,33-,34-,36+/m1/s1. The Kier molecular flexibility index (Phi) is 12.8. The van der Waals surface area contributed by atoms with Crippen molar-refractivity contribution in [3.05, 3.63) is 102 Å². The summed E-state index contributed by atoms with van der Waals surface area (Å²) in [6, 6.07) is 24.6. The van der Waals surface area contributed by atoms with Gasteiger partial charge in [-0.2, -0.15) is 0 Å². The zero-order chi connectivity index (χ0) is 38.3. The normalized spacial score (nSPS) is 22.1. The Morgan fingerprint density at radius 1 is 0.906 bits per heavy atom. The van der Waals surface area contributed by atoms with Gasteiger partial charge in [0.05, 0.1) is 25.2 Å². The summed E-state index contributed by atoms with van der Waals surface area (Å²) in [5.74, 6) is -1.69.